The van der Waals surface area contributed by atoms with Crippen molar-refractivity contribution >= 4 is 34.6 Å². The zero-order valence-corrected chi connectivity index (χ0v) is 14.0. The summed E-state index contributed by atoms with van der Waals surface area (Å²) in [6, 6.07) is 11.2. The molecule has 0 aromatic heterocycles. The monoisotopic (exact) mass is 361 g/mol. The number of morpholine rings is 1. The van der Waals surface area contributed by atoms with Crippen molar-refractivity contribution < 1.29 is 14.5 Å². The number of anilines is 2. The highest BCUT2D eigenvalue weighted by molar-refractivity contribution is 6.34. The van der Waals surface area contributed by atoms with Crippen molar-refractivity contribution in [3.05, 3.63) is 63.2 Å². The normalized spacial score (nSPS) is 14.2. The summed E-state index contributed by atoms with van der Waals surface area (Å²) < 4.78 is 5.33. The lowest BCUT2D eigenvalue weighted by Gasteiger charge is -2.28. The van der Waals surface area contributed by atoms with Crippen molar-refractivity contribution in [2.24, 2.45) is 0 Å². The number of carbonyl (C=O) groups is 1. The Labute approximate surface area is 149 Å². The molecular weight excluding hydrogens is 346 g/mol. The largest absolute Gasteiger partial charge is 0.378 e. The third-order valence-electron chi connectivity index (χ3n) is 3.91. The van der Waals surface area contributed by atoms with Gasteiger partial charge < -0.3 is 15.0 Å². The predicted octanol–water partition coefficient (Wildman–Crippen LogP) is 3.34. The lowest BCUT2D eigenvalue weighted by atomic mass is 10.2. The van der Waals surface area contributed by atoms with Crippen LogP contribution in [-0.2, 0) is 4.74 Å². The number of nitro benzene ring substituents is 1. The van der Waals surface area contributed by atoms with Gasteiger partial charge in [-0.2, -0.15) is 0 Å². The first-order valence-electron chi connectivity index (χ1n) is 7.72. The number of halogens is 1. The molecule has 0 atom stereocenters. The van der Waals surface area contributed by atoms with Crippen LogP contribution in [0, 0.1) is 10.1 Å². The maximum absolute atomic E-state index is 12.3. The van der Waals surface area contributed by atoms with E-state index in [1.165, 1.54) is 12.1 Å². The second-order valence-corrected chi connectivity index (χ2v) is 5.93. The molecule has 25 heavy (non-hydrogen) atoms. The molecule has 2 aromatic carbocycles. The molecule has 1 saturated heterocycles. The van der Waals surface area contributed by atoms with Gasteiger partial charge >= 0.3 is 0 Å². The number of non-ortho nitro benzene ring substituents is 1. The summed E-state index contributed by atoms with van der Waals surface area (Å²) in [6.07, 6.45) is 0. The number of carbonyl (C=O) groups excluding carboxylic acids is 1. The number of ether oxygens (including phenoxy) is 1. The minimum Gasteiger partial charge on any atom is -0.378 e. The third kappa shape index (κ3) is 4.07. The van der Waals surface area contributed by atoms with Gasteiger partial charge in [0, 0.05) is 36.6 Å². The maximum Gasteiger partial charge on any atom is 0.270 e. The van der Waals surface area contributed by atoms with Crippen LogP contribution in [0.2, 0.25) is 5.02 Å². The molecule has 2 aromatic rings. The number of nitrogens with zero attached hydrogens (tertiary/aromatic N) is 2. The van der Waals surface area contributed by atoms with E-state index in [0.717, 1.165) is 24.8 Å². The van der Waals surface area contributed by atoms with Crippen molar-refractivity contribution in [3.63, 3.8) is 0 Å². The summed E-state index contributed by atoms with van der Waals surface area (Å²) in [6.45, 7) is 3.09. The van der Waals surface area contributed by atoms with Gasteiger partial charge in [-0.25, -0.2) is 0 Å². The Hall–Kier alpha value is -2.64. The number of hydrogen-bond acceptors (Lipinski definition) is 5. The van der Waals surface area contributed by atoms with Gasteiger partial charge in [0.25, 0.3) is 11.6 Å². The number of hydrogen-bond donors (Lipinski definition) is 1. The molecule has 1 N–H and O–H groups in total. The van der Waals surface area contributed by atoms with E-state index < -0.39 is 10.8 Å². The van der Waals surface area contributed by atoms with Crippen LogP contribution in [0.15, 0.2) is 42.5 Å². The van der Waals surface area contributed by atoms with Crippen molar-refractivity contribution in [1.82, 2.24) is 0 Å². The number of benzene rings is 2. The second-order valence-electron chi connectivity index (χ2n) is 5.52. The van der Waals surface area contributed by atoms with Crippen molar-refractivity contribution in [1.29, 1.82) is 0 Å². The van der Waals surface area contributed by atoms with Crippen LogP contribution >= 0.6 is 11.6 Å². The quantitative estimate of drug-likeness (QED) is 0.667. The van der Waals surface area contributed by atoms with Crippen LogP contribution in [-0.4, -0.2) is 37.1 Å². The van der Waals surface area contributed by atoms with Crippen LogP contribution in [0.5, 0.6) is 0 Å². The van der Waals surface area contributed by atoms with E-state index in [1.807, 2.05) is 24.3 Å². The number of rotatable bonds is 4. The molecule has 0 unspecified atom stereocenters. The SMILES string of the molecule is O=C(Nc1ccc(N2CCOCC2)cc1)c1ccc([N+](=O)[O-])cc1Cl. The minimum absolute atomic E-state index is 0.0386. The van der Waals surface area contributed by atoms with Gasteiger partial charge in [-0.15, -0.1) is 0 Å². The Morgan fingerprint density at radius 1 is 1.16 bits per heavy atom. The average molecular weight is 362 g/mol. The summed E-state index contributed by atoms with van der Waals surface area (Å²) >= 11 is 5.98. The van der Waals surface area contributed by atoms with Gasteiger partial charge in [-0.1, -0.05) is 11.6 Å². The molecule has 3 rings (SSSR count). The molecule has 7 nitrogen and oxygen atoms in total. The molecule has 1 fully saturated rings. The predicted molar refractivity (Wildman–Crippen MR) is 95.5 cm³/mol. The summed E-state index contributed by atoms with van der Waals surface area (Å²) in [5.74, 6) is -0.418. The van der Waals surface area contributed by atoms with E-state index in [2.05, 4.69) is 10.2 Å². The molecule has 0 bridgehead atoms. The topological polar surface area (TPSA) is 84.7 Å². The Bertz CT molecular complexity index is 789. The Morgan fingerprint density at radius 3 is 2.44 bits per heavy atom. The third-order valence-corrected chi connectivity index (χ3v) is 4.22. The first kappa shape index (κ1) is 17.2. The standard InChI is InChI=1S/C17H16ClN3O4/c18-16-11-14(21(23)24)5-6-15(16)17(22)19-12-1-3-13(4-2-12)20-7-9-25-10-8-20/h1-6,11H,7-10H2,(H,19,22). The summed E-state index contributed by atoms with van der Waals surface area (Å²) in [5, 5.41) is 13.5. The summed E-state index contributed by atoms with van der Waals surface area (Å²) in [4.78, 5) is 24.7. The molecule has 0 aliphatic carbocycles. The van der Waals surface area contributed by atoms with Gasteiger partial charge in [-0.3, -0.25) is 14.9 Å². The van der Waals surface area contributed by atoms with E-state index in [0.29, 0.717) is 18.9 Å². The Morgan fingerprint density at radius 2 is 1.84 bits per heavy atom. The summed E-state index contributed by atoms with van der Waals surface area (Å²) in [7, 11) is 0. The lowest BCUT2D eigenvalue weighted by molar-refractivity contribution is -0.384. The Kier molecular flexibility index (Phi) is 5.16. The first-order valence-corrected chi connectivity index (χ1v) is 8.10. The maximum atomic E-state index is 12.3. The van der Waals surface area contributed by atoms with Gasteiger partial charge in [-0.05, 0) is 30.3 Å². The molecule has 130 valence electrons. The number of nitro groups is 1. The van der Waals surface area contributed by atoms with Crippen molar-refractivity contribution in [3.8, 4) is 0 Å². The van der Waals surface area contributed by atoms with E-state index in [1.54, 1.807) is 0 Å². The van der Waals surface area contributed by atoms with E-state index in [9.17, 15) is 14.9 Å². The fourth-order valence-corrected chi connectivity index (χ4v) is 2.84. The van der Waals surface area contributed by atoms with E-state index in [-0.39, 0.29) is 16.3 Å². The molecule has 1 amide bonds. The highest BCUT2D eigenvalue weighted by atomic mass is 35.5. The van der Waals surface area contributed by atoms with Gasteiger partial charge in [0.05, 0.1) is 28.7 Å². The zero-order valence-electron chi connectivity index (χ0n) is 13.3. The van der Waals surface area contributed by atoms with Crippen LogP contribution in [0.1, 0.15) is 10.4 Å². The molecule has 1 heterocycles. The van der Waals surface area contributed by atoms with Crippen molar-refractivity contribution in [2.75, 3.05) is 36.5 Å². The van der Waals surface area contributed by atoms with E-state index in [4.69, 9.17) is 16.3 Å². The van der Waals surface area contributed by atoms with Gasteiger partial charge in [0.15, 0.2) is 0 Å². The van der Waals surface area contributed by atoms with Crippen LogP contribution in [0.25, 0.3) is 0 Å². The minimum atomic E-state index is -0.558. The molecule has 8 heteroatoms. The fourth-order valence-electron chi connectivity index (χ4n) is 2.58. The fraction of sp³-hybridized carbons (Fsp3) is 0.235. The van der Waals surface area contributed by atoms with E-state index >= 15 is 0 Å². The Balaban J connectivity index is 1.69. The lowest BCUT2D eigenvalue weighted by Crippen LogP contribution is -2.36. The highest BCUT2D eigenvalue weighted by Crippen LogP contribution is 2.24. The van der Waals surface area contributed by atoms with Crippen LogP contribution in [0.4, 0.5) is 17.1 Å². The number of nitrogens with one attached hydrogen (secondary N) is 1. The molecule has 0 saturated carbocycles. The molecule has 0 radical (unpaired) electrons. The summed E-state index contributed by atoms with van der Waals surface area (Å²) in [5.41, 5.74) is 1.71. The smallest absolute Gasteiger partial charge is 0.270 e. The molecule has 1 aliphatic rings. The molecule has 1 aliphatic heterocycles. The van der Waals surface area contributed by atoms with Gasteiger partial charge in [0.2, 0.25) is 0 Å². The first-order chi connectivity index (χ1) is 12.0. The number of amides is 1. The van der Waals surface area contributed by atoms with Crippen LogP contribution < -0.4 is 10.2 Å². The highest BCUT2D eigenvalue weighted by Gasteiger charge is 2.16. The molecule has 0 spiro atoms. The van der Waals surface area contributed by atoms with Crippen molar-refractivity contribution in [2.45, 2.75) is 0 Å². The molecular formula is C17H16ClN3O4. The van der Waals surface area contributed by atoms with Crippen LogP contribution in [0.3, 0.4) is 0 Å². The zero-order chi connectivity index (χ0) is 17.8. The average Bonchev–Trinajstić information content (AvgIpc) is 2.62. The van der Waals surface area contributed by atoms with Gasteiger partial charge in [0.1, 0.15) is 0 Å². The second kappa shape index (κ2) is 7.50.